The summed E-state index contributed by atoms with van der Waals surface area (Å²) in [6.07, 6.45) is 1.99. The molecule has 0 spiro atoms. The molecule has 26 heavy (non-hydrogen) atoms. The number of benzene rings is 2. The van der Waals surface area contributed by atoms with E-state index < -0.39 is 0 Å². The lowest BCUT2D eigenvalue weighted by atomic mass is 9.97. The molecule has 1 heterocycles. The van der Waals surface area contributed by atoms with Crippen LogP contribution in [0.5, 0.6) is 0 Å². The maximum absolute atomic E-state index is 13.1. The molecule has 0 bridgehead atoms. The third kappa shape index (κ3) is 2.59. The van der Waals surface area contributed by atoms with Gasteiger partial charge in [0.25, 0.3) is 0 Å². The summed E-state index contributed by atoms with van der Waals surface area (Å²) in [6.45, 7) is 8.31. The van der Waals surface area contributed by atoms with Crippen molar-refractivity contribution in [1.82, 2.24) is 4.98 Å². The Morgan fingerprint density at radius 3 is 2.65 bits per heavy atom. The Balaban J connectivity index is 1.79. The minimum Gasteiger partial charge on any atom is -0.288 e. The van der Waals surface area contributed by atoms with Gasteiger partial charge in [-0.2, -0.15) is 0 Å². The molecule has 4 rings (SSSR count). The zero-order valence-electron chi connectivity index (χ0n) is 15.2. The molecule has 0 radical (unpaired) electrons. The number of carbonyl (C=O) groups excluding carboxylic acids is 1. The quantitative estimate of drug-likeness (QED) is 0.568. The second kappa shape index (κ2) is 6.38. The molecule has 128 valence electrons. The van der Waals surface area contributed by atoms with Crippen molar-refractivity contribution >= 4 is 33.4 Å². The monoisotopic (exact) mass is 339 g/mol. The van der Waals surface area contributed by atoms with Gasteiger partial charge in [-0.05, 0) is 53.8 Å². The maximum Gasteiger partial charge on any atom is 0.196 e. The van der Waals surface area contributed by atoms with Gasteiger partial charge in [0.05, 0.1) is 16.8 Å². The van der Waals surface area contributed by atoms with E-state index in [-0.39, 0.29) is 5.78 Å². The highest BCUT2D eigenvalue weighted by atomic mass is 16.1. The summed E-state index contributed by atoms with van der Waals surface area (Å²) in [7, 11) is 0. The number of ketones is 1. The maximum atomic E-state index is 13.1. The van der Waals surface area contributed by atoms with Gasteiger partial charge in [-0.1, -0.05) is 56.3 Å². The van der Waals surface area contributed by atoms with Crippen molar-refractivity contribution in [1.29, 1.82) is 0 Å². The zero-order valence-corrected chi connectivity index (χ0v) is 15.2. The molecule has 0 aliphatic heterocycles. The van der Waals surface area contributed by atoms with E-state index in [4.69, 9.17) is 4.98 Å². The van der Waals surface area contributed by atoms with Crippen molar-refractivity contribution in [2.45, 2.75) is 26.7 Å². The lowest BCUT2D eigenvalue weighted by Gasteiger charge is -2.07. The fourth-order valence-electron chi connectivity index (χ4n) is 3.68. The van der Waals surface area contributed by atoms with Gasteiger partial charge in [-0.25, -0.2) is 4.98 Å². The summed E-state index contributed by atoms with van der Waals surface area (Å²) in [5.41, 5.74) is 7.28. The van der Waals surface area contributed by atoms with E-state index in [0.29, 0.717) is 5.57 Å². The summed E-state index contributed by atoms with van der Waals surface area (Å²) in [5, 5.41) is 1.08. The lowest BCUT2D eigenvalue weighted by Crippen LogP contribution is -2.01. The Morgan fingerprint density at radius 1 is 1.04 bits per heavy atom. The van der Waals surface area contributed by atoms with Gasteiger partial charge < -0.3 is 0 Å². The van der Waals surface area contributed by atoms with Crippen molar-refractivity contribution < 1.29 is 4.79 Å². The molecular formula is C24H21NO. The third-order valence-electron chi connectivity index (χ3n) is 5.08. The first kappa shape index (κ1) is 16.5. The predicted octanol–water partition coefficient (Wildman–Crippen LogP) is 6.18. The minimum absolute atomic E-state index is 0.0615. The minimum atomic E-state index is 0.0615. The second-order valence-electron chi connectivity index (χ2n) is 6.83. The molecule has 2 aromatic carbocycles. The van der Waals surface area contributed by atoms with Gasteiger partial charge >= 0.3 is 0 Å². The largest absolute Gasteiger partial charge is 0.288 e. The molecule has 1 aliphatic rings. The topological polar surface area (TPSA) is 30.0 Å². The molecule has 1 aliphatic carbocycles. The number of hydrogen-bond acceptors (Lipinski definition) is 2. The molecule has 1 aromatic heterocycles. The van der Waals surface area contributed by atoms with Crippen LogP contribution in [-0.2, 0) is 0 Å². The molecule has 0 saturated heterocycles. The number of rotatable bonds is 4. The van der Waals surface area contributed by atoms with Crippen LogP contribution in [0.2, 0.25) is 0 Å². The molecular weight excluding hydrogens is 318 g/mol. The van der Waals surface area contributed by atoms with Crippen LogP contribution in [-0.4, -0.2) is 10.8 Å². The van der Waals surface area contributed by atoms with Crippen LogP contribution in [0.3, 0.4) is 0 Å². The average Bonchev–Trinajstić information content (AvgIpc) is 2.92. The highest BCUT2D eigenvalue weighted by Crippen LogP contribution is 2.39. The number of carbonyl (C=O) groups is 1. The number of allylic oxidation sites excluding steroid dienone is 3. The van der Waals surface area contributed by atoms with Crippen LogP contribution < -0.4 is 0 Å². The Bertz CT molecular complexity index is 1090. The normalized spacial score (nSPS) is 13.4. The van der Waals surface area contributed by atoms with Gasteiger partial charge in [-0.3, -0.25) is 4.79 Å². The van der Waals surface area contributed by atoms with Crippen LogP contribution in [0.15, 0.2) is 61.2 Å². The molecule has 3 aromatic rings. The van der Waals surface area contributed by atoms with Crippen LogP contribution in [0.25, 0.3) is 27.6 Å². The van der Waals surface area contributed by atoms with Crippen molar-refractivity contribution in [2.24, 2.45) is 0 Å². The van der Waals surface area contributed by atoms with Crippen molar-refractivity contribution in [3.05, 3.63) is 83.6 Å². The summed E-state index contributed by atoms with van der Waals surface area (Å²) in [4.78, 5) is 17.9. The SMILES string of the molecule is C=C(CCC)c1ccc2c(c1)C(=O)C(c1ccc3ccccc3n1)=C2C. The van der Waals surface area contributed by atoms with Crippen LogP contribution in [0.1, 0.15) is 53.9 Å². The number of nitrogens with zero attached hydrogens (tertiary/aromatic N) is 1. The average molecular weight is 339 g/mol. The van der Waals surface area contributed by atoms with Gasteiger partial charge in [0.15, 0.2) is 5.78 Å². The van der Waals surface area contributed by atoms with Crippen molar-refractivity contribution in [2.75, 3.05) is 0 Å². The van der Waals surface area contributed by atoms with E-state index in [2.05, 4.69) is 19.6 Å². The van der Waals surface area contributed by atoms with Crippen LogP contribution >= 0.6 is 0 Å². The van der Waals surface area contributed by atoms with Crippen molar-refractivity contribution in [3.8, 4) is 0 Å². The first-order valence-electron chi connectivity index (χ1n) is 9.04. The van der Waals surface area contributed by atoms with Gasteiger partial charge in [-0.15, -0.1) is 0 Å². The molecule has 0 saturated carbocycles. The molecule has 2 nitrogen and oxygen atoms in total. The van der Waals surface area contributed by atoms with E-state index in [0.717, 1.165) is 57.3 Å². The molecule has 0 fully saturated rings. The molecule has 0 N–H and O–H groups in total. The van der Waals surface area contributed by atoms with Gasteiger partial charge in [0.2, 0.25) is 0 Å². The fourth-order valence-corrected chi connectivity index (χ4v) is 3.68. The lowest BCUT2D eigenvalue weighted by molar-refractivity contribution is 0.105. The smallest absolute Gasteiger partial charge is 0.196 e. The van der Waals surface area contributed by atoms with E-state index >= 15 is 0 Å². The fraction of sp³-hybridized carbons (Fsp3) is 0.167. The Labute approximate surface area is 153 Å². The zero-order chi connectivity index (χ0) is 18.3. The first-order valence-corrected chi connectivity index (χ1v) is 9.04. The number of aromatic nitrogens is 1. The summed E-state index contributed by atoms with van der Waals surface area (Å²) < 4.78 is 0. The molecule has 0 unspecified atom stereocenters. The highest BCUT2D eigenvalue weighted by molar-refractivity contribution is 6.39. The molecule has 2 heteroatoms. The Kier molecular flexibility index (Phi) is 4.04. The number of para-hydroxylation sites is 1. The van der Waals surface area contributed by atoms with Crippen LogP contribution in [0.4, 0.5) is 0 Å². The number of pyridine rings is 1. The van der Waals surface area contributed by atoms with Crippen molar-refractivity contribution in [3.63, 3.8) is 0 Å². The number of fused-ring (bicyclic) bond motifs is 2. The van der Waals surface area contributed by atoms with Crippen LogP contribution in [0, 0.1) is 0 Å². The van der Waals surface area contributed by atoms with E-state index in [1.54, 1.807) is 0 Å². The molecule has 0 atom stereocenters. The Hall–Kier alpha value is -3.00. The third-order valence-corrected chi connectivity index (χ3v) is 5.08. The van der Waals surface area contributed by atoms with Gasteiger partial charge in [0, 0.05) is 10.9 Å². The highest BCUT2D eigenvalue weighted by Gasteiger charge is 2.29. The predicted molar refractivity (Wildman–Crippen MR) is 109 cm³/mol. The molecule has 0 amide bonds. The first-order chi connectivity index (χ1) is 12.6. The van der Waals surface area contributed by atoms with E-state index in [1.165, 1.54) is 0 Å². The van der Waals surface area contributed by atoms with E-state index in [1.807, 2.05) is 55.5 Å². The second-order valence-corrected chi connectivity index (χ2v) is 6.83. The Morgan fingerprint density at radius 2 is 1.85 bits per heavy atom. The summed E-state index contributed by atoms with van der Waals surface area (Å²) >= 11 is 0. The summed E-state index contributed by atoms with van der Waals surface area (Å²) in [6, 6.07) is 18.1. The van der Waals surface area contributed by atoms with E-state index in [9.17, 15) is 4.79 Å². The number of Topliss-reactive ketones (excluding diaryl/α,β-unsaturated/α-hetero) is 1. The standard InChI is InChI=1S/C24H21NO/c1-4-7-15(2)18-10-12-19-16(3)23(24(26)20(19)14-18)22-13-11-17-8-5-6-9-21(17)25-22/h5-6,8-14H,2,4,7H2,1,3H3. The summed E-state index contributed by atoms with van der Waals surface area (Å²) in [5.74, 6) is 0.0615. The number of hydrogen-bond donors (Lipinski definition) is 0. The van der Waals surface area contributed by atoms with Gasteiger partial charge in [0.1, 0.15) is 0 Å².